The van der Waals surface area contributed by atoms with Gasteiger partial charge in [0.15, 0.2) is 5.71 Å². The molecular formula is C24H30FN3O5. The Morgan fingerprint density at radius 2 is 1.88 bits per heavy atom. The molecule has 33 heavy (non-hydrogen) atoms. The van der Waals surface area contributed by atoms with Gasteiger partial charge in [0.25, 0.3) is 0 Å². The fourth-order valence-electron chi connectivity index (χ4n) is 3.24. The Morgan fingerprint density at radius 1 is 1.27 bits per heavy atom. The van der Waals surface area contributed by atoms with E-state index in [1.54, 1.807) is 20.8 Å². The van der Waals surface area contributed by atoms with Gasteiger partial charge in [-0.3, -0.25) is 9.69 Å². The Balaban J connectivity index is 2.44. The van der Waals surface area contributed by atoms with Crippen molar-refractivity contribution in [2.24, 2.45) is 10.9 Å². The molecule has 0 radical (unpaired) electrons. The van der Waals surface area contributed by atoms with Crippen LogP contribution in [0.2, 0.25) is 0 Å². The first-order valence-corrected chi connectivity index (χ1v) is 10.5. The lowest BCUT2D eigenvalue weighted by atomic mass is 9.99. The highest BCUT2D eigenvalue weighted by atomic mass is 19.1. The second kappa shape index (κ2) is 11.4. The number of hydrogen-bond acceptors (Lipinski definition) is 7. The highest BCUT2D eigenvalue weighted by molar-refractivity contribution is 6.51. The van der Waals surface area contributed by atoms with Crippen LogP contribution in [0.5, 0.6) is 0 Å². The number of nitrogens with zero attached hydrogens (tertiary/aromatic N) is 2. The predicted molar refractivity (Wildman–Crippen MR) is 122 cm³/mol. The van der Waals surface area contributed by atoms with Crippen molar-refractivity contribution in [2.45, 2.75) is 45.3 Å². The number of amides is 1. The SMILES string of the molecule is C=C/C=C(\C=C(/N)N(C(=O)OC(C)(C)C)C1CCOCC1)C(=N/O)/C(=O)c1ccc(F)cc1. The van der Waals surface area contributed by atoms with Crippen LogP contribution in [0.4, 0.5) is 9.18 Å². The van der Waals surface area contributed by atoms with E-state index in [0.29, 0.717) is 26.1 Å². The molecule has 0 bridgehead atoms. The number of hydrogen-bond donors (Lipinski definition) is 2. The fraction of sp³-hybridized carbons (Fsp3) is 0.375. The summed E-state index contributed by atoms with van der Waals surface area (Å²) in [5, 5.41) is 12.7. The summed E-state index contributed by atoms with van der Waals surface area (Å²) in [6.07, 6.45) is 4.59. The normalized spacial score (nSPS) is 16.3. The first-order chi connectivity index (χ1) is 15.6. The standard InChI is InChI=1S/C24H30FN3O5/c1-5-6-17(21(27-31)22(29)16-7-9-18(25)10-8-16)15-20(26)28(19-11-13-32-14-12-19)23(30)33-24(2,3)4/h5-10,15,19,31H,1,11-14,26H2,2-4H3/b17-6+,20-15+,27-21-. The van der Waals surface area contributed by atoms with Crippen molar-refractivity contribution < 1.29 is 28.7 Å². The van der Waals surface area contributed by atoms with Crippen molar-refractivity contribution in [1.29, 1.82) is 0 Å². The number of ether oxygens (including phenoxy) is 2. The Bertz CT molecular complexity index is 955. The maximum atomic E-state index is 13.2. The highest BCUT2D eigenvalue weighted by Gasteiger charge is 2.32. The van der Waals surface area contributed by atoms with Crippen molar-refractivity contribution >= 4 is 17.6 Å². The molecular weight excluding hydrogens is 429 g/mol. The first-order valence-electron chi connectivity index (χ1n) is 10.5. The van der Waals surface area contributed by atoms with Gasteiger partial charge >= 0.3 is 6.09 Å². The van der Waals surface area contributed by atoms with Gasteiger partial charge in [0.1, 0.15) is 17.2 Å². The largest absolute Gasteiger partial charge is 0.443 e. The van der Waals surface area contributed by atoms with Crippen molar-refractivity contribution in [3.05, 3.63) is 71.8 Å². The van der Waals surface area contributed by atoms with Crippen LogP contribution in [-0.4, -0.2) is 52.6 Å². The molecule has 178 valence electrons. The minimum Gasteiger partial charge on any atom is -0.443 e. The van der Waals surface area contributed by atoms with E-state index in [4.69, 9.17) is 15.2 Å². The van der Waals surface area contributed by atoms with E-state index in [-0.39, 0.29) is 28.7 Å². The number of Topliss-reactive ketones (excluding diaryl/α,β-unsaturated/α-hetero) is 1. The molecule has 0 aromatic heterocycles. The van der Waals surface area contributed by atoms with Crippen molar-refractivity contribution in [3.8, 4) is 0 Å². The summed E-state index contributed by atoms with van der Waals surface area (Å²) >= 11 is 0. The Labute approximate surface area is 192 Å². The van der Waals surface area contributed by atoms with E-state index in [2.05, 4.69) is 11.7 Å². The van der Waals surface area contributed by atoms with Crippen LogP contribution in [0.25, 0.3) is 0 Å². The summed E-state index contributed by atoms with van der Waals surface area (Å²) < 4.78 is 24.2. The van der Waals surface area contributed by atoms with Crippen LogP contribution in [0.15, 0.2) is 65.6 Å². The van der Waals surface area contributed by atoms with E-state index >= 15 is 0 Å². The molecule has 9 heteroatoms. The number of allylic oxidation sites excluding steroid dienone is 4. The molecule has 1 aromatic carbocycles. The molecule has 1 aliphatic heterocycles. The van der Waals surface area contributed by atoms with Gasteiger partial charge < -0.3 is 20.4 Å². The van der Waals surface area contributed by atoms with Gasteiger partial charge in [-0.2, -0.15) is 0 Å². The molecule has 1 saturated heterocycles. The topological polar surface area (TPSA) is 114 Å². The van der Waals surface area contributed by atoms with Crippen LogP contribution >= 0.6 is 0 Å². The van der Waals surface area contributed by atoms with Gasteiger partial charge in [-0.05, 0) is 64.0 Å². The summed E-state index contributed by atoms with van der Waals surface area (Å²) in [7, 11) is 0. The second-order valence-corrected chi connectivity index (χ2v) is 8.41. The van der Waals surface area contributed by atoms with E-state index in [9.17, 15) is 19.2 Å². The second-order valence-electron chi connectivity index (χ2n) is 8.41. The van der Waals surface area contributed by atoms with Gasteiger partial charge in [-0.15, -0.1) is 0 Å². The average molecular weight is 460 g/mol. The molecule has 0 spiro atoms. The summed E-state index contributed by atoms with van der Waals surface area (Å²) in [5.74, 6) is -1.17. The molecule has 1 aromatic rings. The predicted octanol–water partition coefficient (Wildman–Crippen LogP) is 4.17. The Hall–Kier alpha value is -3.46. The maximum Gasteiger partial charge on any atom is 0.416 e. The van der Waals surface area contributed by atoms with E-state index < -0.39 is 23.3 Å². The van der Waals surface area contributed by atoms with E-state index in [0.717, 1.165) is 12.1 Å². The lowest BCUT2D eigenvalue weighted by molar-refractivity contribution is 0.00385. The quantitative estimate of drug-likeness (QED) is 0.208. The zero-order chi connectivity index (χ0) is 24.6. The van der Waals surface area contributed by atoms with Crippen LogP contribution < -0.4 is 5.73 Å². The lowest BCUT2D eigenvalue weighted by Crippen LogP contribution is -2.47. The van der Waals surface area contributed by atoms with Gasteiger partial charge in [0.2, 0.25) is 5.78 Å². The lowest BCUT2D eigenvalue weighted by Gasteiger charge is -2.35. The van der Waals surface area contributed by atoms with E-state index in [1.165, 1.54) is 35.3 Å². The highest BCUT2D eigenvalue weighted by Crippen LogP contribution is 2.22. The Kier molecular flexibility index (Phi) is 8.93. The zero-order valence-electron chi connectivity index (χ0n) is 19.1. The number of benzene rings is 1. The fourth-order valence-corrected chi connectivity index (χ4v) is 3.24. The average Bonchev–Trinajstić information content (AvgIpc) is 2.74. The maximum absolute atomic E-state index is 13.2. The number of carbonyl (C=O) groups is 2. The molecule has 1 amide bonds. The van der Waals surface area contributed by atoms with Gasteiger partial charge in [-0.25, -0.2) is 9.18 Å². The number of halogens is 1. The summed E-state index contributed by atoms with van der Waals surface area (Å²) in [6.45, 7) is 9.77. The van der Waals surface area contributed by atoms with Gasteiger partial charge in [0.05, 0.1) is 0 Å². The molecule has 0 saturated carbocycles. The molecule has 2 rings (SSSR count). The number of oxime groups is 1. The zero-order valence-corrected chi connectivity index (χ0v) is 19.1. The minimum absolute atomic E-state index is 0.00249. The summed E-state index contributed by atoms with van der Waals surface area (Å²) in [5.41, 5.74) is 5.45. The summed E-state index contributed by atoms with van der Waals surface area (Å²) in [6, 6.07) is 4.52. The summed E-state index contributed by atoms with van der Waals surface area (Å²) in [4.78, 5) is 27.2. The third-order valence-electron chi connectivity index (χ3n) is 4.72. The number of ketones is 1. The molecule has 0 aliphatic carbocycles. The van der Waals surface area contributed by atoms with E-state index in [1.807, 2.05) is 0 Å². The van der Waals surface area contributed by atoms with Crippen molar-refractivity contribution in [2.75, 3.05) is 13.2 Å². The van der Waals surface area contributed by atoms with Gasteiger partial charge in [-0.1, -0.05) is 23.9 Å². The molecule has 0 unspecified atom stereocenters. The number of nitrogens with two attached hydrogens (primary N) is 1. The molecule has 1 fully saturated rings. The van der Waals surface area contributed by atoms with Crippen LogP contribution in [0.1, 0.15) is 44.0 Å². The third-order valence-corrected chi connectivity index (χ3v) is 4.72. The van der Waals surface area contributed by atoms with Gasteiger partial charge in [0, 0.05) is 30.4 Å². The monoisotopic (exact) mass is 459 g/mol. The minimum atomic E-state index is -0.753. The van der Waals surface area contributed by atoms with Crippen LogP contribution in [-0.2, 0) is 9.47 Å². The third kappa shape index (κ3) is 7.28. The number of carbonyl (C=O) groups excluding carboxylic acids is 2. The molecule has 0 atom stereocenters. The molecule has 3 N–H and O–H groups in total. The van der Waals surface area contributed by atoms with Crippen molar-refractivity contribution in [1.82, 2.24) is 4.90 Å². The van der Waals surface area contributed by atoms with Crippen LogP contribution in [0.3, 0.4) is 0 Å². The number of rotatable bonds is 7. The first kappa shape index (κ1) is 25.8. The molecule has 1 heterocycles. The smallest absolute Gasteiger partial charge is 0.416 e. The molecule has 1 aliphatic rings. The Morgan fingerprint density at radius 3 is 2.39 bits per heavy atom. The molecule has 8 nitrogen and oxygen atoms in total. The van der Waals surface area contributed by atoms with Crippen molar-refractivity contribution in [3.63, 3.8) is 0 Å². The van der Waals surface area contributed by atoms with Crippen LogP contribution in [0, 0.1) is 5.82 Å².